The third-order valence-corrected chi connectivity index (χ3v) is 6.48. The van der Waals surface area contributed by atoms with Crippen LogP contribution < -0.4 is 10.2 Å². The maximum atomic E-state index is 13.8. The van der Waals surface area contributed by atoms with E-state index >= 15 is 0 Å². The zero-order valence-electron chi connectivity index (χ0n) is 18.8. The monoisotopic (exact) mass is 457 g/mol. The minimum atomic E-state index is -0.445. The van der Waals surface area contributed by atoms with Crippen LogP contribution >= 0.6 is 0 Å². The lowest BCUT2D eigenvalue weighted by molar-refractivity contribution is -0.122. The van der Waals surface area contributed by atoms with Crippen molar-refractivity contribution in [3.05, 3.63) is 94.8 Å². The number of nitrogens with zero attached hydrogens (tertiary/aromatic N) is 2. The molecule has 0 saturated carbocycles. The highest BCUT2D eigenvalue weighted by Crippen LogP contribution is 2.33. The van der Waals surface area contributed by atoms with Crippen molar-refractivity contribution in [2.24, 2.45) is 0 Å². The summed E-state index contributed by atoms with van der Waals surface area (Å²) in [6.45, 7) is 2.54. The van der Waals surface area contributed by atoms with Gasteiger partial charge in [-0.1, -0.05) is 30.3 Å². The number of nitrogens with one attached hydrogen (secondary N) is 1. The predicted molar refractivity (Wildman–Crippen MR) is 127 cm³/mol. The highest BCUT2D eigenvalue weighted by atomic mass is 19.1. The van der Waals surface area contributed by atoms with Crippen LogP contribution in [0.5, 0.6) is 0 Å². The highest BCUT2D eigenvalue weighted by Gasteiger charge is 2.41. The molecule has 1 saturated heterocycles. The summed E-state index contributed by atoms with van der Waals surface area (Å²) in [6, 6.07) is 18.2. The molecule has 2 aliphatic heterocycles. The number of para-hydroxylation sites is 1. The fourth-order valence-electron chi connectivity index (χ4n) is 4.59. The molecule has 3 amide bonds. The number of benzene rings is 3. The average Bonchev–Trinajstić information content (AvgIpc) is 3.32. The van der Waals surface area contributed by atoms with E-state index in [2.05, 4.69) is 5.32 Å². The summed E-state index contributed by atoms with van der Waals surface area (Å²) in [5.41, 5.74) is 3.28. The normalized spacial score (nSPS) is 17.3. The number of fused-ring (bicyclic) bond motifs is 2. The number of aryl methyl sites for hydroxylation is 1. The van der Waals surface area contributed by atoms with Crippen LogP contribution in [0.15, 0.2) is 66.7 Å². The van der Waals surface area contributed by atoms with Gasteiger partial charge >= 0.3 is 0 Å². The van der Waals surface area contributed by atoms with Gasteiger partial charge in [-0.15, -0.1) is 0 Å². The molecule has 1 atom stereocenters. The van der Waals surface area contributed by atoms with Crippen molar-refractivity contribution in [2.75, 3.05) is 16.8 Å². The molecule has 1 fully saturated rings. The van der Waals surface area contributed by atoms with E-state index in [0.29, 0.717) is 47.6 Å². The molecule has 2 heterocycles. The maximum Gasteiger partial charge on any atom is 0.256 e. The summed E-state index contributed by atoms with van der Waals surface area (Å²) in [6.07, 6.45) is 1.47. The molecular weight excluding hydrogens is 433 g/mol. The maximum absolute atomic E-state index is 13.8. The zero-order valence-corrected chi connectivity index (χ0v) is 18.8. The van der Waals surface area contributed by atoms with Crippen molar-refractivity contribution in [3.8, 4) is 0 Å². The number of halogens is 1. The summed E-state index contributed by atoms with van der Waals surface area (Å²) < 4.78 is 13.8. The smallest absolute Gasteiger partial charge is 0.256 e. The van der Waals surface area contributed by atoms with Gasteiger partial charge in [-0.05, 0) is 67.3 Å². The molecule has 6 nitrogen and oxygen atoms in total. The Kier molecular flexibility index (Phi) is 5.61. The summed E-state index contributed by atoms with van der Waals surface area (Å²) in [5, 5.41) is 2.70. The molecule has 0 spiro atoms. The minimum Gasteiger partial charge on any atom is -0.327 e. The van der Waals surface area contributed by atoms with Crippen molar-refractivity contribution in [3.63, 3.8) is 0 Å². The summed E-state index contributed by atoms with van der Waals surface area (Å²) in [4.78, 5) is 42.4. The van der Waals surface area contributed by atoms with Crippen LogP contribution in [0.2, 0.25) is 0 Å². The van der Waals surface area contributed by atoms with Crippen LogP contribution in [0.3, 0.4) is 0 Å². The molecule has 172 valence electrons. The number of anilines is 2. The van der Waals surface area contributed by atoms with E-state index < -0.39 is 6.04 Å². The summed E-state index contributed by atoms with van der Waals surface area (Å²) >= 11 is 0. The van der Waals surface area contributed by atoms with E-state index in [4.69, 9.17) is 0 Å². The highest BCUT2D eigenvalue weighted by molar-refractivity contribution is 6.11. The molecule has 1 N–H and O–H groups in total. The largest absolute Gasteiger partial charge is 0.327 e. The lowest BCUT2D eigenvalue weighted by Gasteiger charge is -2.26. The van der Waals surface area contributed by atoms with Crippen molar-refractivity contribution in [2.45, 2.75) is 32.4 Å². The van der Waals surface area contributed by atoms with Gasteiger partial charge in [-0.25, -0.2) is 4.39 Å². The second kappa shape index (κ2) is 8.74. The number of rotatable bonds is 4. The minimum absolute atomic E-state index is 0.0842. The lowest BCUT2D eigenvalue weighted by Crippen LogP contribution is -2.44. The van der Waals surface area contributed by atoms with Gasteiger partial charge in [0.25, 0.3) is 11.8 Å². The molecule has 3 aromatic rings. The molecular formula is C27H24FN3O3. The Balaban J connectivity index is 1.37. The molecule has 7 heteroatoms. The first-order chi connectivity index (χ1) is 16.4. The molecule has 2 aliphatic rings. The van der Waals surface area contributed by atoms with E-state index in [0.717, 1.165) is 12.0 Å². The van der Waals surface area contributed by atoms with E-state index in [1.807, 2.05) is 12.1 Å². The van der Waals surface area contributed by atoms with Crippen molar-refractivity contribution < 1.29 is 18.8 Å². The van der Waals surface area contributed by atoms with Crippen LogP contribution in [-0.4, -0.2) is 35.2 Å². The summed E-state index contributed by atoms with van der Waals surface area (Å²) in [7, 11) is 0. The Bertz CT molecular complexity index is 1290. The second-order valence-electron chi connectivity index (χ2n) is 8.71. The zero-order chi connectivity index (χ0) is 23.8. The van der Waals surface area contributed by atoms with Crippen LogP contribution in [-0.2, 0) is 11.3 Å². The van der Waals surface area contributed by atoms with Gasteiger partial charge in [0.05, 0.1) is 17.8 Å². The lowest BCUT2D eigenvalue weighted by atomic mass is 10.1. The number of carbonyl (C=O) groups is 3. The van der Waals surface area contributed by atoms with Gasteiger partial charge in [-0.3, -0.25) is 14.4 Å². The van der Waals surface area contributed by atoms with Gasteiger partial charge in [-0.2, -0.15) is 0 Å². The Hall–Kier alpha value is -4.00. The fourth-order valence-corrected chi connectivity index (χ4v) is 4.59. The molecule has 34 heavy (non-hydrogen) atoms. The van der Waals surface area contributed by atoms with Gasteiger partial charge in [0.1, 0.15) is 11.9 Å². The predicted octanol–water partition coefficient (Wildman–Crippen LogP) is 4.54. The van der Waals surface area contributed by atoms with Gasteiger partial charge in [0.15, 0.2) is 0 Å². The standard InChI is InChI=1S/C27H24FN3O3/c1-17-8-13-20(15-22(17)28)29-25(32)19-11-9-18(10-12-19)16-31-23-6-3-2-5-21(23)26(33)30-14-4-7-24(30)27(31)34/h2-3,5-6,8-13,15,24H,4,7,14,16H2,1H3,(H,29,32)/t24-/m1/s1. The Morgan fingerprint density at radius 2 is 1.82 bits per heavy atom. The SMILES string of the molecule is Cc1ccc(NC(=O)c2ccc(CN3C(=O)[C@H]4CCCN4C(=O)c4ccccc43)cc2)cc1F. The molecule has 0 aliphatic carbocycles. The van der Waals surface area contributed by atoms with E-state index in [-0.39, 0.29) is 23.5 Å². The van der Waals surface area contributed by atoms with Crippen molar-refractivity contribution >= 4 is 29.1 Å². The van der Waals surface area contributed by atoms with Crippen LogP contribution in [0.4, 0.5) is 15.8 Å². The van der Waals surface area contributed by atoms with Crippen LogP contribution in [0.25, 0.3) is 0 Å². The Morgan fingerprint density at radius 1 is 1.06 bits per heavy atom. The fraction of sp³-hybridized carbons (Fsp3) is 0.222. The number of amides is 3. The second-order valence-corrected chi connectivity index (χ2v) is 8.71. The molecule has 0 radical (unpaired) electrons. The molecule has 0 aromatic heterocycles. The van der Waals surface area contributed by atoms with Gasteiger partial charge in [0.2, 0.25) is 5.91 Å². The van der Waals surface area contributed by atoms with Crippen LogP contribution in [0.1, 0.15) is 44.7 Å². The van der Waals surface area contributed by atoms with Crippen molar-refractivity contribution in [1.82, 2.24) is 4.90 Å². The Labute approximate surface area is 197 Å². The molecule has 5 rings (SSSR count). The molecule has 3 aromatic carbocycles. The average molecular weight is 458 g/mol. The van der Waals surface area contributed by atoms with E-state index in [1.54, 1.807) is 65.3 Å². The van der Waals surface area contributed by atoms with Crippen LogP contribution in [0, 0.1) is 12.7 Å². The number of hydrogen-bond donors (Lipinski definition) is 1. The number of hydrogen-bond acceptors (Lipinski definition) is 3. The van der Waals surface area contributed by atoms with E-state index in [1.165, 1.54) is 6.07 Å². The Morgan fingerprint density at radius 3 is 2.59 bits per heavy atom. The third kappa shape index (κ3) is 3.94. The quantitative estimate of drug-likeness (QED) is 0.626. The first kappa shape index (κ1) is 21.8. The first-order valence-corrected chi connectivity index (χ1v) is 11.3. The van der Waals surface area contributed by atoms with E-state index in [9.17, 15) is 18.8 Å². The third-order valence-electron chi connectivity index (χ3n) is 6.48. The molecule has 0 bridgehead atoms. The topological polar surface area (TPSA) is 69.7 Å². The number of carbonyl (C=O) groups excluding carboxylic acids is 3. The molecule has 0 unspecified atom stereocenters. The first-order valence-electron chi connectivity index (χ1n) is 11.3. The van der Waals surface area contributed by atoms with Gasteiger partial charge in [0, 0.05) is 17.8 Å². The summed E-state index contributed by atoms with van der Waals surface area (Å²) in [5.74, 6) is -0.916. The van der Waals surface area contributed by atoms with Crippen molar-refractivity contribution in [1.29, 1.82) is 0 Å². The van der Waals surface area contributed by atoms with Gasteiger partial charge < -0.3 is 15.1 Å².